The summed E-state index contributed by atoms with van der Waals surface area (Å²) in [6, 6.07) is 16.8. The Hall–Kier alpha value is -3.98. The summed E-state index contributed by atoms with van der Waals surface area (Å²) in [4.78, 5) is 38.5. The van der Waals surface area contributed by atoms with E-state index in [0.29, 0.717) is 33.0 Å². The van der Waals surface area contributed by atoms with E-state index in [1.54, 1.807) is 12.1 Å². The maximum absolute atomic E-state index is 13.7. The van der Waals surface area contributed by atoms with E-state index in [1.807, 2.05) is 30.3 Å². The van der Waals surface area contributed by atoms with Gasteiger partial charge in [0.1, 0.15) is 18.0 Å². The molecule has 9 heteroatoms. The predicted octanol–water partition coefficient (Wildman–Crippen LogP) is 4.84. The van der Waals surface area contributed by atoms with E-state index >= 15 is 0 Å². The lowest BCUT2D eigenvalue weighted by Gasteiger charge is -2.26. The lowest BCUT2D eigenvalue weighted by Crippen LogP contribution is -2.54. The number of carbonyl (C=O) groups is 3. The molecule has 3 aromatic rings. The number of rotatable bonds is 6. The van der Waals surface area contributed by atoms with Gasteiger partial charge < -0.3 is 9.47 Å². The first-order valence-electron chi connectivity index (χ1n) is 10.1. The summed E-state index contributed by atoms with van der Waals surface area (Å²) in [6.45, 7) is 0.307. The Kier molecular flexibility index (Phi) is 6.74. The standard InChI is InChI=1S/C25H18BrFN2O5/c1-33-21-12-16(11-20(26)22(21)34-14-15-6-3-2-4-7-15)10-19-23(30)28-25(32)29(24(19)31)18-9-5-8-17(27)13-18/h2-13H,14H2,1H3,(H,28,30,32)/b19-10+. The molecule has 1 saturated heterocycles. The Labute approximate surface area is 202 Å². The van der Waals surface area contributed by atoms with Crippen LogP contribution in [0.3, 0.4) is 0 Å². The number of nitrogens with zero attached hydrogens (tertiary/aromatic N) is 1. The molecule has 0 saturated carbocycles. The van der Waals surface area contributed by atoms with E-state index < -0.39 is 23.7 Å². The van der Waals surface area contributed by atoms with Crippen molar-refractivity contribution in [1.82, 2.24) is 5.32 Å². The number of anilines is 1. The molecule has 0 spiro atoms. The smallest absolute Gasteiger partial charge is 0.335 e. The Morgan fingerprint density at radius 2 is 1.79 bits per heavy atom. The van der Waals surface area contributed by atoms with Crippen LogP contribution in [0.5, 0.6) is 11.5 Å². The van der Waals surface area contributed by atoms with E-state index in [4.69, 9.17) is 9.47 Å². The summed E-state index contributed by atoms with van der Waals surface area (Å²) in [5.41, 5.74) is 1.12. The predicted molar refractivity (Wildman–Crippen MR) is 127 cm³/mol. The molecule has 1 aliphatic heterocycles. The van der Waals surface area contributed by atoms with Gasteiger partial charge in [-0.25, -0.2) is 14.1 Å². The molecule has 1 N–H and O–H groups in total. The topological polar surface area (TPSA) is 84.9 Å². The molecule has 0 atom stereocenters. The van der Waals surface area contributed by atoms with Gasteiger partial charge in [-0.15, -0.1) is 0 Å². The number of methoxy groups -OCH3 is 1. The number of benzene rings is 3. The third-order valence-corrected chi connectivity index (χ3v) is 5.55. The Balaban J connectivity index is 1.65. The van der Waals surface area contributed by atoms with Gasteiger partial charge in [-0.2, -0.15) is 0 Å². The minimum Gasteiger partial charge on any atom is -0.493 e. The highest BCUT2D eigenvalue weighted by Crippen LogP contribution is 2.38. The van der Waals surface area contributed by atoms with Crippen LogP contribution in [0.4, 0.5) is 14.9 Å². The first-order valence-corrected chi connectivity index (χ1v) is 10.9. The highest BCUT2D eigenvalue weighted by Gasteiger charge is 2.37. The maximum Gasteiger partial charge on any atom is 0.335 e. The number of carbonyl (C=O) groups excluding carboxylic acids is 3. The largest absolute Gasteiger partial charge is 0.493 e. The molecular formula is C25H18BrFN2O5. The van der Waals surface area contributed by atoms with Crippen molar-refractivity contribution in [3.63, 3.8) is 0 Å². The van der Waals surface area contributed by atoms with Crippen molar-refractivity contribution < 1.29 is 28.2 Å². The van der Waals surface area contributed by atoms with Gasteiger partial charge in [-0.1, -0.05) is 36.4 Å². The quantitative estimate of drug-likeness (QED) is 0.368. The highest BCUT2D eigenvalue weighted by molar-refractivity contribution is 9.10. The van der Waals surface area contributed by atoms with Crippen molar-refractivity contribution in [3.05, 3.63) is 93.7 Å². The van der Waals surface area contributed by atoms with Gasteiger partial charge in [-0.05, 0) is 63.5 Å². The van der Waals surface area contributed by atoms with Crippen LogP contribution in [0.15, 0.2) is 76.8 Å². The fourth-order valence-electron chi connectivity index (χ4n) is 3.37. The van der Waals surface area contributed by atoms with Gasteiger partial charge in [0.25, 0.3) is 11.8 Å². The maximum atomic E-state index is 13.7. The van der Waals surface area contributed by atoms with Crippen LogP contribution in [-0.2, 0) is 16.2 Å². The van der Waals surface area contributed by atoms with Crippen LogP contribution in [0.2, 0.25) is 0 Å². The minimum atomic E-state index is -0.957. The number of amides is 4. The van der Waals surface area contributed by atoms with Gasteiger partial charge in [0.2, 0.25) is 0 Å². The molecule has 34 heavy (non-hydrogen) atoms. The number of hydrogen-bond acceptors (Lipinski definition) is 5. The van der Waals surface area contributed by atoms with Crippen LogP contribution in [-0.4, -0.2) is 25.0 Å². The van der Waals surface area contributed by atoms with Crippen LogP contribution < -0.4 is 19.7 Å². The van der Waals surface area contributed by atoms with Crippen molar-refractivity contribution in [1.29, 1.82) is 0 Å². The van der Waals surface area contributed by atoms with E-state index in [2.05, 4.69) is 21.2 Å². The third-order valence-electron chi connectivity index (χ3n) is 4.96. The van der Waals surface area contributed by atoms with Gasteiger partial charge in [0.05, 0.1) is 17.3 Å². The second-order valence-corrected chi connectivity index (χ2v) is 8.10. The summed E-state index contributed by atoms with van der Waals surface area (Å²) in [5, 5.41) is 2.11. The number of urea groups is 1. The monoisotopic (exact) mass is 524 g/mol. The Morgan fingerprint density at radius 3 is 2.50 bits per heavy atom. The van der Waals surface area contributed by atoms with Crippen molar-refractivity contribution in [3.8, 4) is 11.5 Å². The molecule has 1 fully saturated rings. The normalized spacial score (nSPS) is 14.9. The summed E-state index contributed by atoms with van der Waals surface area (Å²) in [7, 11) is 1.47. The van der Waals surface area contributed by atoms with Crippen molar-refractivity contribution >= 4 is 45.5 Å². The average Bonchev–Trinajstić information content (AvgIpc) is 2.81. The van der Waals surface area contributed by atoms with Crippen LogP contribution >= 0.6 is 15.9 Å². The lowest BCUT2D eigenvalue weighted by molar-refractivity contribution is -0.122. The number of ether oxygens (including phenoxy) is 2. The molecule has 172 valence electrons. The molecule has 4 amide bonds. The van der Waals surface area contributed by atoms with Gasteiger partial charge >= 0.3 is 6.03 Å². The molecule has 4 rings (SSSR count). The molecule has 7 nitrogen and oxygen atoms in total. The molecule has 0 aliphatic carbocycles. The van der Waals surface area contributed by atoms with E-state index in [9.17, 15) is 18.8 Å². The zero-order valence-electron chi connectivity index (χ0n) is 17.9. The van der Waals surface area contributed by atoms with Gasteiger partial charge in [0.15, 0.2) is 11.5 Å². The number of halogens is 2. The second kappa shape index (κ2) is 9.88. The number of nitrogens with one attached hydrogen (secondary N) is 1. The molecule has 0 aromatic heterocycles. The number of imide groups is 2. The van der Waals surface area contributed by atoms with Crippen LogP contribution in [0.25, 0.3) is 6.08 Å². The van der Waals surface area contributed by atoms with Crippen molar-refractivity contribution in [2.24, 2.45) is 0 Å². The summed E-state index contributed by atoms with van der Waals surface area (Å²) in [6.07, 6.45) is 1.32. The second-order valence-electron chi connectivity index (χ2n) is 7.25. The molecule has 0 bridgehead atoms. The van der Waals surface area contributed by atoms with Gasteiger partial charge in [-0.3, -0.25) is 14.9 Å². The number of barbiturate groups is 1. The van der Waals surface area contributed by atoms with E-state index in [-0.39, 0.29) is 11.3 Å². The summed E-state index contributed by atoms with van der Waals surface area (Å²) < 4.78 is 25.5. The molecule has 1 heterocycles. The van der Waals surface area contributed by atoms with E-state index in [1.165, 1.54) is 31.4 Å². The van der Waals surface area contributed by atoms with Crippen molar-refractivity contribution in [2.75, 3.05) is 12.0 Å². The average molecular weight is 525 g/mol. The number of hydrogen-bond donors (Lipinski definition) is 1. The van der Waals surface area contributed by atoms with Gasteiger partial charge in [0, 0.05) is 0 Å². The fraction of sp³-hybridized carbons (Fsp3) is 0.0800. The molecule has 1 aliphatic rings. The summed E-state index contributed by atoms with van der Waals surface area (Å²) >= 11 is 3.45. The molecule has 0 unspecified atom stereocenters. The SMILES string of the molecule is COc1cc(/C=C2\C(=O)NC(=O)N(c3cccc(F)c3)C2=O)cc(Br)c1OCc1ccccc1. The third kappa shape index (κ3) is 4.84. The van der Waals surface area contributed by atoms with Crippen LogP contribution in [0, 0.1) is 5.82 Å². The van der Waals surface area contributed by atoms with Crippen LogP contribution in [0.1, 0.15) is 11.1 Å². The first kappa shape index (κ1) is 23.2. The molecule has 0 radical (unpaired) electrons. The zero-order chi connectivity index (χ0) is 24.2. The minimum absolute atomic E-state index is 0.00400. The zero-order valence-corrected chi connectivity index (χ0v) is 19.5. The fourth-order valence-corrected chi connectivity index (χ4v) is 3.94. The molecular weight excluding hydrogens is 507 g/mol. The van der Waals surface area contributed by atoms with Crippen molar-refractivity contribution in [2.45, 2.75) is 6.61 Å². The Bertz CT molecular complexity index is 1310. The Morgan fingerprint density at radius 1 is 1.03 bits per heavy atom. The highest BCUT2D eigenvalue weighted by atomic mass is 79.9. The molecule has 3 aromatic carbocycles. The van der Waals surface area contributed by atoms with E-state index in [0.717, 1.165) is 11.6 Å². The lowest BCUT2D eigenvalue weighted by atomic mass is 10.1. The first-order chi connectivity index (χ1) is 16.4. The summed E-state index contributed by atoms with van der Waals surface area (Å²) in [5.74, 6) is -1.54.